The summed E-state index contributed by atoms with van der Waals surface area (Å²) in [5, 5.41) is 6.21. The lowest BCUT2D eigenvalue weighted by molar-refractivity contribution is -0.136. The maximum Gasteiger partial charge on any atom is 0.329 e. The highest BCUT2D eigenvalue weighted by atomic mass is 16.5. The summed E-state index contributed by atoms with van der Waals surface area (Å²) in [6.07, 6.45) is 1.40. The molecule has 2 amide bonds. The lowest BCUT2D eigenvalue weighted by atomic mass is 10.2. The Hall–Kier alpha value is -3.35. The van der Waals surface area contributed by atoms with E-state index in [9.17, 15) is 9.59 Å². The molecule has 2 rings (SSSR count). The minimum atomic E-state index is -0.885. The fourth-order valence-corrected chi connectivity index (χ4v) is 1.87. The van der Waals surface area contributed by atoms with Gasteiger partial charge in [-0.2, -0.15) is 5.10 Å². The van der Waals surface area contributed by atoms with Crippen LogP contribution >= 0.6 is 0 Å². The van der Waals surface area contributed by atoms with E-state index in [2.05, 4.69) is 15.8 Å². The summed E-state index contributed by atoms with van der Waals surface area (Å²) in [6, 6.07) is 13.8. The normalized spacial score (nSPS) is 10.2. The molecule has 0 radical (unpaired) electrons. The second-order valence-electron chi connectivity index (χ2n) is 4.63. The van der Waals surface area contributed by atoms with Gasteiger partial charge in [0.05, 0.1) is 20.4 Å². The molecule has 2 aromatic rings. The number of hydrogen-bond acceptors (Lipinski definition) is 5. The van der Waals surface area contributed by atoms with Gasteiger partial charge in [0.15, 0.2) is 0 Å². The van der Waals surface area contributed by atoms with Crippen LogP contribution in [-0.2, 0) is 9.59 Å². The largest absolute Gasteiger partial charge is 0.497 e. The summed E-state index contributed by atoms with van der Waals surface area (Å²) in [6.45, 7) is 0. The number of para-hydroxylation sites is 1. The van der Waals surface area contributed by atoms with Crippen LogP contribution in [0.15, 0.2) is 53.6 Å². The number of carbonyl (C=O) groups is 2. The van der Waals surface area contributed by atoms with E-state index in [1.54, 1.807) is 42.5 Å². The Balaban J connectivity index is 1.94. The number of hydrogen-bond donors (Lipinski definition) is 2. The van der Waals surface area contributed by atoms with Crippen molar-refractivity contribution in [1.82, 2.24) is 5.43 Å². The number of nitrogens with zero attached hydrogens (tertiary/aromatic N) is 1. The lowest BCUT2D eigenvalue weighted by Crippen LogP contribution is -2.32. The van der Waals surface area contributed by atoms with E-state index >= 15 is 0 Å². The van der Waals surface area contributed by atoms with Crippen molar-refractivity contribution >= 4 is 23.7 Å². The minimum absolute atomic E-state index is 0.447. The van der Waals surface area contributed by atoms with Crippen molar-refractivity contribution in [2.24, 2.45) is 5.10 Å². The summed E-state index contributed by atoms with van der Waals surface area (Å²) in [5.74, 6) is -0.539. The van der Waals surface area contributed by atoms with Gasteiger partial charge >= 0.3 is 11.8 Å². The Morgan fingerprint density at radius 1 is 1.00 bits per heavy atom. The van der Waals surface area contributed by atoms with Crippen LogP contribution in [0.1, 0.15) is 5.56 Å². The maximum absolute atomic E-state index is 11.8. The first-order valence-corrected chi connectivity index (χ1v) is 7.05. The molecule has 2 aromatic carbocycles. The average molecular weight is 327 g/mol. The van der Waals surface area contributed by atoms with E-state index in [0.29, 0.717) is 22.7 Å². The molecule has 7 nitrogen and oxygen atoms in total. The number of amides is 2. The van der Waals surface area contributed by atoms with E-state index in [0.717, 1.165) is 0 Å². The molecule has 0 unspecified atom stereocenters. The SMILES string of the molecule is COc1cccc(NC(=O)C(=O)N/N=C\c2ccccc2OC)c1. The smallest absolute Gasteiger partial charge is 0.329 e. The third-order valence-electron chi connectivity index (χ3n) is 3.04. The van der Waals surface area contributed by atoms with Gasteiger partial charge in [-0.15, -0.1) is 0 Å². The first-order valence-electron chi connectivity index (χ1n) is 7.05. The Bertz CT molecular complexity index is 759. The van der Waals surface area contributed by atoms with Gasteiger partial charge < -0.3 is 14.8 Å². The number of nitrogens with one attached hydrogen (secondary N) is 2. The quantitative estimate of drug-likeness (QED) is 0.498. The van der Waals surface area contributed by atoms with Gasteiger partial charge in [0.25, 0.3) is 0 Å². The van der Waals surface area contributed by atoms with Crippen molar-refractivity contribution in [3.05, 3.63) is 54.1 Å². The topological polar surface area (TPSA) is 89.0 Å². The monoisotopic (exact) mass is 327 g/mol. The van der Waals surface area contributed by atoms with Crippen LogP contribution in [0, 0.1) is 0 Å². The number of benzene rings is 2. The molecule has 0 bridgehead atoms. The molecule has 0 aliphatic heterocycles. The Labute approximate surface area is 139 Å². The molecular formula is C17H17N3O4. The molecular weight excluding hydrogens is 310 g/mol. The van der Waals surface area contributed by atoms with Crippen molar-refractivity contribution in [3.8, 4) is 11.5 Å². The summed E-state index contributed by atoms with van der Waals surface area (Å²) >= 11 is 0. The van der Waals surface area contributed by atoms with Gasteiger partial charge in [-0.3, -0.25) is 9.59 Å². The number of hydrazone groups is 1. The molecule has 24 heavy (non-hydrogen) atoms. The van der Waals surface area contributed by atoms with Crippen molar-refractivity contribution < 1.29 is 19.1 Å². The van der Waals surface area contributed by atoms with Crippen LogP contribution in [0.5, 0.6) is 11.5 Å². The summed E-state index contributed by atoms with van der Waals surface area (Å²) in [4.78, 5) is 23.6. The second kappa shape index (κ2) is 8.33. The third kappa shape index (κ3) is 4.57. The standard InChI is InChI=1S/C17H17N3O4/c1-23-14-8-5-7-13(10-14)19-16(21)17(22)20-18-11-12-6-3-4-9-15(12)24-2/h3-11H,1-2H3,(H,19,21)(H,20,22)/b18-11-. The van der Waals surface area contributed by atoms with Crippen LogP contribution in [0.3, 0.4) is 0 Å². The van der Waals surface area contributed by atoms with E-state index in [4.69, 9.17) is 9.47 Å². The molecule has 124 valence electrons. The van der Waals surface area contributed by atoms with Crippen molar-refractivity contribution in [2.45, 2.75) is 0 Å². The highest BCUT2D eigenvalue weighted by Crippen LogP contribution is 2.16. The first kappa shape index (κ1) is 17.0. The molecule has 0 saturated carbocycles. The minimum Gasteiger partial charge on any atom is -0.497 e. The van der Waals surface area contributed by atoms with Gasteiger partial charge in [0.1, 0.15) is 11.5 Å². The van der Waals surface area contributed by atoms with Crippen LogP contribution in [0.4, 0.5) is 5.69 Å². The van der Waals surface area contributed by atoms with Gasteiger partial charge in [0, 0.05) is 17.3 Å². The van der Waals surface area contributed by atoms with Gasteiger partial charge in [-0.25, -0.2) is 5.43 Å². The van der Waals surface area contributed by atoms with Crippen molar-refractivity contribution in [2.75, 3.05) is 19.5 Å². The molecule has 0 spiro atoms. The molecule has 0 heterocycles. The van der Waals surface area contributed by atoms with E-state index in [1.807, 2.05) is 6.07 Å². The van der Waals surface area contributed by atoms with Gasteiger partial charge in [0.2, 0.25) is 0 Å². The molecule has 0 aliphatic carbocycles. The lowest BCUT2D eigenvalue weighted by Gasteiger charge is -2.06. The Kier molecular flexibility index (Phi) is 5.90. The number of carbonyl (C=O) groups excluding carboxylic acids is 2. The fraction of sp³-hybridized carbons (Fsp3) is 0.118. The summed E-state index contributed by atoms with van der Waals surface area (Å²) in [7, 11) is 3.05. The molecule has 0 fully saturated rings. The molecule has 2 N–H and O–H groups in total. The highest BCUT2D eigenvalue weighted by Gasteiger charge is 2.13. The fourth-order valence-electron chi connectivity index (χ4n) is 1.87. The Morgan fingerprint density at radius 3 is 2.54 bits per heavy atom. The molecule has 7 heteroatoms. The first-order chi connectivity index (χ1) is 11.6. The number of anilines is 1. The van der Waals surface area contributed by atoms with Crippen LogP contribution in [0.25, 0.3) is 0 Å². The maximum atomic E-state index is 11.8. The second-order valence-corrected chi connectivity index (χ2v) is 4.63. The number of rotatable bonds is 5. The van der Waals surface area contributed by atoms with Gasteiger partial charge in [-0.05, 0) is 24.3 Å². The van der Waals surface area contributed by atoms with Crippen LogP contribution in [-0.4, -0.2) is 32.2 Å². The molecule has 0 aromatic heterocycles. The number of methoxy groups -OCH3 is 2. The zero-order chi connectivity index (χ0) is 17.4. The van der Waals surface area contributed by atoms with Gasteiger partial charge in [-0.1, -0.05) is 18.2 Å². The predicted octanol–water partition coefficient (Wildman–Crippen LogP) is 1.79. The molecule has 0 atom stereocenters. The third-order valence-corrected chi connectivity index (χ3v) is 3.04. The van der Waals surface area contributed by atoms with Crippen molar-refractivity contribution in [1.29, 1.82) is 0 Å². The highest BCUT2D eigenvalue weighted by molar-refractivity contribution is 6.39. The average Bonchev–Trinajstić information content (AvgIpc) is 2.62. The summed E-state index contributed by atoms with van der Waals surface area (Å²) in [5.41, 5.74) is 3.28. The van der Waals surface area contributed by atoms with Crippen molar-refractivity contribution in [3.63, 3.8) is 0 Å². The molecule has 0 aliphatic rings. The van der Waals surface area contributed by atoms with E-state index in [-0.39, 0.29) is 0 Å². The van der Waals surface area contributed by atoms with Crippen LogP contribution < -0.4 is 20.2 Å². The predicted molar refractivity (Wildman–Crippen MR) is 90.4 cm³/mol. The summed E-state index contributed by atoms with van der Waals surface area (Å²) < 4.78 is 10.2. The Morgan fingerprint density at radius 2 is 1.79 bits per heavy atom. The zero-order valence-electron chi connectivity index (χ0n) is 13.3. The molecule has 0 saturated heterocycles. The van der Waals surface area contributed by atoms with Crippen LogP contribution in [0.2, 0.25) is 0 Å². The number of ether oxygens (including phenoxy) is 2. The zero-order valence-corrected chi connectivity index (χ0v) is 13.3. The van der Waals surface area contributed by atoms with E-state index < -0.39 is 11.8 Å². The van der Waals surface area contributed by atoms with E-state index in [1.165, 1.54) is 20.4 Å².